The molecule has 4 rings (SSSR count). The average molecular weight is 450 g/mol. The number of rotatable bonds is 6. The van der Waals surface area contributed by atoms with E-state index in [1.54, 1.807) is 41.9 Å². The lowest BCUT2D eigenvalue weighted by molar-refractivity contribution is 0.0969. The predicted molar refractivity (Wildman–Crippen MR) is 128 cm³/mol. The summed E-state index contributed by atoms with van der Waals surface area (Å²) in [5, 5.41) is 0. The molecule has 0 aliphatic carbocycles. The number of benzene rings is 1. The Morgan fingerprint density at radius 1 is 1.15 bits per heavy atom. The van der Waals surface area contributed by atoms with E-state index in [0.717, 1.165) is 10.1 Å². The zero-order chi connectivity index (χ0) is 23.7. The maximum absolute atomic E-state index is 13.5. The molecule has 0 fully saturated rings. The topological polar surface area (TPSA) is 121 Å². The zero-order valence-corrected chi connectivity index (χ0v) is 19.0. The van der Waals surface area contributed by atoms with Crippen molar-refractivity contribution in [3.8, 4) is 0 Å². The van der Waals surface area contributed by atoms with Crippen LogP contribution >= 0.6 is 0 Å². The van der Waals surface area contributed by atoms with Crippen molar-refractivity contribution in [3.05, 3.63) is 68.4 Å². The third kappa shape index (κ3) is 4.23. The van der Waals surface area contributed by atoms with E-state index in [1.165, 1.54) is 4.57 Å². The molecule has 10 heteroatoms. The van der Waals surface area contributed by atoms with Crippen LogP contribution in [0.3, 0.4) is 0 Å². The minimum Gasteiger partial charge on any atom is -0.386 e. The van der Waals surface area contributed by atoms with Crippen LogP contribution in [0.15, 0.2) is 56.6 Å². The highest BCUT2D eigenvalue weighted by atomic mass is 16.2. The maximum Gasteiger partial charge on any atom is 0.332 e. The van der Waals surface area contributed by atoms with Crippen LogP contribution in [-0.4, -0.2) is 49.9 Å². The van der Waals surface area contributed by atoms with Gasteiger partial charge in [0.05, 0.1) is 19.6 Å². The van der Waals surface area contributed by atoms with E-state index in [-0.39, 0.29) is 23.5 Å². The molecule has 0 unspecified atom stereocenters. The Hall–Kier alpha value is -3.95. The molecule has 10 nitrogen and oxygen atoms in total. The van der Waals surface area contributed by atoms with Crippen LogP contribution in [0.5, 0.6) is 0 Å². The Kier molecular flexibility index (Phi) is 5.99. The number of amidine groups is 1. The summed E-state index contributed by atoms with van der Waals surface area (Å²) in [7, 11) is 1.56. The summed E-state index contributed by atoms with van der Waals surface area (Å²) in [6.45, 7) is 5.47. The van der Waals surface area contributed by atoms with Gasteiger partial charge in [0, 0.05) is 25.7 Å². The average Bonchev–Trinajstić information content (AvgIpc) is 3.19. The lowest BCUT2D eigenvalue weighted by atomic mass is 10.1. The Bertz CT molecular complexity index is 1390. The van der Waals surface area contributed by atoms with E-state index in [1.807, 2.05) is 24.8 Å². The summed E-state index contributed by atoms with van der Waals surface area (Å²) in [5.41, 5.74) is 6.87. The monoisotopic (exact) mass is 449 g/mol. The van der Waals surface area contributed by atoms with Crippen LogP contribution in [0.25, 0.3) is 11.2 Å². The first-order valence-corrected chi connectivity index (χ1v) is 10.7. The number of hydrogen-bond acceptors (Lipinski definition) is 7. The van der Waals surface area contributed by atoms with E-state index in [2.05, 4.69) is 9.98 Å². The number of imidazole rings is 1. The molecule has 0 spiro atoms. The van der Waals surface area contributed by atoms with E-state index >= 15 is 0 Å². The van der Waals surface area contributed by atoms with E-state index < -0.39 is 11.2 Å². The molecule has 0 saturated carbocycles. The molecule has 1 aliphatic rings. The molecule has 0 amide bonds. The van der Waals surface area contributed by atoms with Gasteiger partial charge in [-0.05, 0) is 13.8 Å². The summed E-state index contributed by atoms with van der Waals surface area (Å²) in [6.07, 6.45) is 1.98. The number of hydrogen-bond donors (Lipinski definition) is 1. The van der Waals surface area contributed by atoms with E-state index in [0.29, 0.717) is 43.5 Å². The molecule has 172 valence electrons. The van der Waals surface area contributed by atoms with Crippen molar-refractivity contribution in [2.75, 3.05) is 24.5 Å². The Morgan fingerprint density at radius 3 is 2.55 bits per heavy atom. The normalized spacial score (nSPS) is 13.8. The van der Waals surface area contributed by atoms with Crippen LogP contribution in [0.1, 0.15) is 24.2 Å². The fourth-order valence-electron chi connectivity index (χ4n) is 3.86. The molecule has 33 heavy (non-hydrogen) atoms. The number of aromatic nitrogens is 4. The summed E-state index contributed by atoms with van der Waals surface area (Å²) < 4.78 is 4.08. The largest absolute Gasteiger partial charge is 0.386 e. The number of nitrogens with two attached hydrogens (primary N) is 1. The summed E-state index contributed by atoms with van der Waals surface area (Å²) in [4.78, 5) is 50.2. The first-order valence-electron chi connectivity index (χ1n) is 10.7. The van der Waals surface area contributed by atoms with Gasteiger partial charge in [0.2, 0.25) is 5.95 Å². The smallest absolute Gasteiger partial charge is 0.332 e. The highest BCUT2D eigenvalue weighted by Gasteiger charge is 2.25. The van der Waals surface area contributed by atoms with Crippen LogP contribution < -0.4 is 21.9 Å². The number of nitrogens with zero attached hydrogens (tertiary/aromatic N) is 6. The van der Waals surface area contributed by atoms with Gasteiger partial charge in [-0.25, -0.2) is 4.79 Å². The molecule has 0 bridgehead atoms. The van der Waals surface area contributed by atoms with Gasteiger partial charge < -0.3 is 15.2 Å². The van der Waals surface area contributed by atoms with Gasteiger partial charge in [0.15, 0.2) is 16.9 Å². The van der Waals surface area contributed by atoms with E-state index in [4.69, 9.17) is 5.73 Å². The van der Waals surface area contributed by atoms with Gasteiger partial charge in [-0.3, -0.25) is 23.7 Å². The fraction of sp³-hybridized carbons (Fsp3) is 0.348. The molecule has 0 saturated heterocycles. The van der Waals surface area contributed by atoms with Crippen molar-refractivity contribution in [2.45, 2.75) is 26.9 Å². The quantitative estimate of drug-likeness (QED) is 0.441. The number of ketones is 1. The van der Waals surface area contributed by atoms with Gasteiger partial charge in [-0.1, -0.05) is 42.0 Å². The molecule has 2 aromatic heterocycles. The molecular weight excluding hydrogens is 422 g/mol. The number of anilines is 1. The van der Waals surface area contributed by atoms with Gasteiger partial charge in [-0.2, -0.15) is 4.98 Å². The molecule has 1 aromatic carbocycles. The van der Waals surface area contributed by atoms with Gasteiger partial charge in [0.25, 0.3) is 5.56 Å². The van der Waals surface area contributed by atoms with Crippen molar-refractivity contribution < 1.29 is 4.79 Å². The second-order valence-electron chi connectivity index (χ2n) is 8.29. The van der Waals surface area contributed by atoms with Gasteiger partial charge in [0.1, 0.15) is 5.84 Å². The minimum absolute atomic E-state index is 0.270. The number of carbonyl (C=O) groups is 1. The highest BCUT2D eigenvalue weighted by molar-refractivity contribution is 5.96. The second-order valence-corrected chi connectivity index (χ2v) is 8.29. The van der Waals surface area contributed by atoms with Crippen LogP contribution in [0.2, 0.25) is 0 Å². The van der Waals surface area contributed by atoms with Gasteiger partial charge in [-0.15, -0.1) is 0 Å². The predicted octanol–water partition coefficient (Wildman–Crippen LogP) is 0.923. The molecule has 2 N–H and O–H groups in total. The maximum atomic E-state index is 13.5. The molecule has 3 heterocycles. The lowest BCUT2D eigenvalue weighted by Crippen LogP contribution is -2.42. The molecule has 3 aromatic rings. The van der Waals surface area contributed by atoms with Gasteiger partial charge >= 0.3 is 5.69 Å². The standard InChI is InChI=1S/C23H27N7O3/c1-15(2)9-11-29-19-20(26-22(29)28-12-10-25-18(24)14-28)27(3)23(33)30(21(19)32)13-17(31)16-7-5-4-6-8-16/h4-9H,10-14H2,1-3H3,(H2,24,25). The Morgan fingerprint density at radius 2 is 1.88 bits per heavy atom. The van der Waals surface area contributed by atoms with Crippen LogP contribution in [0.4, 0.5) is 5.95 Å². The van der Waals surface area contributed by atoms with Crippen LogP contribution in [-0.2, 0) is 20.1 Å². The number of aryl methyl sites for hydroxylation is 1. The van der Waals surface area contributed by atoms with Crippen molar-refractivity contribution in [1.82, 2.24) is 18.7 Å². The number of fused-ring (bicyclic) bond motifs is 1. The molecule has 0 atom stereocenters. The zero-order valence-electron chi connectivity index (χ0n) is 19.0. The molecule has 1 aliphatic heterocycles. The first-order chi connectivity index (χ1) is 15.8. The fourth-order valence-corrected chi connectivity index (χ4v) is 3.86. The number of carbonyl (C=O) groups excluding carboxylic acids is 1. The number of Topliss-reactive ketones (excluding diaryl/α,β-unsaturated/α-hetero) is 1. The Labute approximate surface area is 190 Å². The van der Waals surface area contributed by atoms with Crippen LogP contribution in [0, 0.1) is 0 Å². The summed E-state index contributed by atoms with van der Waals surface area (Å²) in [5.74, 6) is 0.714. The second kappa shape index (κ2) is 8.89. The van der Waals surface area contributed by atoms with Crippen molar-refractivity contribution >= 4 is 28.7 Å². The SMILES string of the molecule is CC(C)=CCn1c(N2CCN=C(N)C2)nc2c1c(=O)n(CC(=O)c1ccccc1)c(=O)n2C. The van der Waals surface area contributed by atoms with Crippen molar-refractivity contribution in [2.24, 2.45) is 17.8 Å². The van der Waals surface area contributed by atoms with Crippen molar-refractivity contribution in [1.29, 1.82) is 0 Å². The highest BCUT2D eigenvalue weighted by Crippen LogP contribution is 2.21. The number of aliphatic imine (C=N–C) groups is 1. The number of allylic oxidation sites excluding steroid dienone is 2. The third-order valence-corrected chi connectivity index (χ3v) is 5.61. The Balaban J connectivity index is 1.90. The first kappa shape index (κ1) is 22.3. The molecular formula is C23H27N7O3. The van der Waals surface area contributed by atoms with Crippen molar-refractivity contribution in [3.63, 3.8) is 0 Å². The molecule has 0 radical (unpaired) electrons. The van der Waals surface area contributed by atoms with E-state index in [9.17, 15) is 14.4 Å². The minimum atomic E-state index is -0.588. The summed E-state index contributed by atoms with van der Waals surface area (Å²) >= 11 is 0. The third-order valence-electron chi connectivity index (χ3n) is 5.61. The lowest BCUT2D eigenvalue weighted by Gasteiger charge is -2.26. The summed E-state index contributed by atoms with van der Waals surface area (Å²) in [6, 6.07) is 8.61.